The maximum atomic E-state index is 12.9. The molecule has 2 aromatic carbocycles. The number of hydrogen-bond acceptors (Lipinski definition) is 5. The molecule has 0 radical (unpaired) electrons. The third-order valence-corrected chi connectivity index (χ3v) is 7.14. The van der Waals surface area contributed by atoms with Gasteiger partial charge in [-0.05, 0) is 62.1 Å². The lowest BCUT2D eigenvalue weighted by Gasteiger charge is -2.14. The number of anilines is 1. The van der Waals surface area contributed by atoms with Gasteiger partial charge in [-0.25, -0.2) is 9.97 Å². The van der Waals surface area contributed by atoms with E-state index in [1.165, 1.54) is 34.2 Å². The highest BCUT2D eigenvalue weighted by atomic mass is 32.2. The summed E-state index contributed by atoms with van der Waals surface area (Å²) >= 11 is 3.03. The van der Waals surface area contributed by atoms with Gasteiger partial charge < -0.3 is 5.32 Å². The third-order valence-electron chi connectivity index (χ3n) is 4.92. The topological polar surface area (TPSA) is 54.9 Å². The molecule has 2 aromatic heterocycles. The molecule has 0 fully saturated rings. The van der Waals surface area contributed by atoms with Crippen molar-refractivity contribution in [2.24, 2.45) is 0 Å². The highest BCUT2D eigenvalue weighted by Gasteiger charge is 2.21. The van der Waals surface area contributed by atoms with Crippen LogP contribution in [0.1, 0.15) is 30.0 Å². The number of pyridine rings is 1. The summed E-state index contributed by atoms with van der Waals surface area (Å²) in [4.78, 5) is 22.3. The Bertz CT molecular complexity index is 1220. The summed E-state index contributed by atoms with van der Waals surface area (Å²) in [7, 11) is 0. The van der Waals surface area contributed by atoms with Crippen LogP contribution in [0.15, 0.2) is 47.5 Å². The second kappa shape index (κ2) is 8.13. The number of nitrogens with zero attached hydrogens (tertiary/aromatic N) is 2. The predicted octanol–water partition coefficient (Wildman–Crippen LogP) is 6.28. The van der Waals surface area contributed by atoms with E-state index in [0.717, 1.165) is 31.7 Å². The minimum absolute atomic E-state index is 0.0300. The van der Waals surface area contributed by atoms with Gasteiger partial charge in [0.1, 0.15) is 0 Å². The molecule has 148 valence electrons. The highest BCUT2D eigenvalue weighted by Crippen LogP contribution is 2.31. The number of thioether (sulfide) groups is 1. The molecule has 0 aliphatic heterocycles. The van der Waals surface area contributed by atoms with E-state index in [2.05, 4.69) is 61.4 Å². The number of aromatic nitrogens is 2. The Kier molecular flexibility index (Phi) is 5.56. The number of nitrogens with one attached hydrogen (secondary N) is 1. The van der Waals surface area contributed by atoms with Crippen LogP contribution in [0.5, 0.6) is 0 Å². The predicted molar refractivity (Wildman–Crippen MR) is 124 cm³/mol. The SMILES string of the molecule is CCC(Sc1cc(C)c2cccc(C)c2n1)C(=O)Nc1nc2ccc(C)cc2s1. The maximum absolute atomic E-state index is 12.9. The second-order valence-corrected chi connectivity index (χ2v) is 9.50. The van der Waals surface area contributed by atoms with Crippen LogP contribution in [0.2, 0.25) is 0 Å². The molecule has 4 rings (SSSR count). The summed E-state index contributed by atoms with van der Waals surface area (Å²) in [5.74, 6) is -0.0300. The molecule has 0 aliphatic carbocycles. The van der Waals surface area contributed by atoms with Gasteiger partial charge in [-0.2, -0.15) is 0 Å². The zero-order valence-electron chi connectivity index (χ0n) is 16.9. The summed E-state index contributed by atoms with van der Waals surface area (Å²) in [6.45, 7) is 8.25. The quantitative estimate of drug-likeness (QED) is 0.385. The average molecular weight is 422 g/mol. The van der Waals surface area contributed by atoms with Gasteiger partial charge in [0.25, 0.3) is 0 Å². The van der Waals surface area contributed by atoms with Gasteiger partial charge in [-0.1, -0.05) is 54.3 Å². The first-order valence-electron chi connectivity index (χ1n) is 9.66. The summed E-state index contributed by atoms with van der Waals surface area (Å²) in [6.07, 6.45) is 0.715. The summed E-state index contributed by atoms with van der Waals surface area (Å²) in [6, 6.07) is 14.4. The highest BCUT2D eigenvalue weighted by molar-refractivity contribution is 8.00. The van der Waals surface area contributed by atoms with Crippen molar-refractivity contribution in [1.29, 1.82) is 0 Å². The number of rotatable bonds is 5. The lowest BCUT2D eigenvalue weighted by Crippen LogP contribution is -2.24. The molecule has 1 amide bonds. The largest absolute Gasteiger partial charge is 0.301 e. The first-order chi connectivity index (χ1) is 13.9. The Morgan fingerprint density at radius 2 is 1.93 bits per heavy atom. The molecular weight excluding hydrogens is 398 g/mol. The summed E-state index contributed by atoms with van der Waals surface area (Å²) in [5.41, 5.74) is 5.44. The number of thiazole rings is 1. The van der Waals surface area contributed by atoms with Gasteiger partial charge in [-0.15, -0.1) is 0 Å². The molecule has 6 heteroatoms. The fraction of sp³-hybridized carbons (Fsp3) is 0.261. The number of benzene rings is 2. The standard InChI is InChI=1S/C23H23N3OS2/c1-5-18(22(27)26-23-24-17-10-9-13(2)11-19(17)29-23)28-20-12-15(4)16-8-6-7-14(3)21(16)25-20/h6-12,18H,5H2,1-4H3,(H,24,26,27). The molecule has 2 heterocycles. The Balaban J connectivity index is 1.56. The number of amides is 1. The van der Waals surface area contributed by atoms with Gasteiger partial charge in [0, 0.05) is 5.39 Å². The number of hydrogen-bond donors (Lipinski definition) is 1. The van der Waals surface area contributed by atoms with E-state index in [1.807, 2.05) is 19.1 Å². The lowest BCUT2D eigenvalue weighted by atomic mass is 10.1. The molecule has 4 nitrogen and oxygen atoms in total. The fourth-order valence-corrected chi connectivity index (χ4v) is 5.31. The van der Waals surface area contributed by atoms with Crippen molar-refractivity contribution in [1.82, 2.24) is 9.97 Å². The Morgan fingerprint density at radius 3 is 2.72 bits per heavy atom. The monoisotopic (exact) mass is 421 g/mol. The maximum Gasteiger partial charge on any atom is 0.239 e. The van der Waals surface area contributed by atoms with Crippen molar-refractivity contribution in [3.8, 4) is 0 Å². The van der Waals surface area contributed by atoms with Crippen molar-refractivity contribution in [3.63, 3.8) is 0 Å². The van der Waals surface area contributed by atoms with Crippen molar-refractivity contribution in [2.45, 2.75) is 44.4 Å². The average Bonchev–Trinajstić information content (AvgIpc) is 3.08. The normalized spacial score (nSPS) is 12.4. The van der Waals surface area contributed by atoms with E-state index in [0.29, 0.717) is 11.6 Å². The molecule has 0 saturated heterocycles. The Morgan fingerprint density at radius 1 is 1.10 bits per heavy atom. The molecule has 0 spiro atoms. The first-order valence-corrected chi connectivity index (χ1v) is 11.4. The minimum atomic E-state index is -0.225. The van der Waals surface area contributed by atoms with Crippen LogP contribution in [0.4, 0.5) is 5.13 Å². The number of carbonyl (C=O) groups excluding carboxylic acids is 1. The van der Waals surface area contributed by atoms with Crippen molar-refractivity contribution in [2.75, 3.05) is 5.32 Å². The van der Waals surface area contributed by atoms with Gasteiger partial charge in [0.05, 0.1) is 26.0 Å². The second-order valence-electron chi connectivity index (χ2n) is 7.24. The molecule has 29 heavy (non-hydrogen) atoms. The molecule has 1 atom stereocenters. The van der Waals surface area contributed by atoms with Crippen LogP contribution in [0, 0.1) is 20.8 Å². The molecule has 0 bridgehead atoms. The van der Waals surface area contributed by atoms with E-state index < -0.39 is 0 Å². The molecule has 1 unspecified atom stereocenters. The number of para-hydroxylation sites is 1. The molecule has 0 aliphatic rings. The first kappa shape index (κ1) is 19.9. The summed E-state index contributed by atoms with van der Waals surface area (Å²) < 4.78 is 1.09. The van der Waals surface area contributed by atoms with Gasteiger partial charge in [0.2, 0.25) is 5.91 Å². The van der Waals surface area contributed by atoms with Gasteiger partial charge in [-0.3, -0.25) is 4.79 Å². The molecule has 0 saturated carbocycles. The van der Waals surface area contributed by atoms with E-state index >= 15 is 0 Å². The van der Waals surface area contributed by atoms with E-state index in [9.17, 15) is 4.79 Å². The minimum Gasteiger partial charge on any atom is -0.301 e. The van der Waals surface area contributed by atoms with Gasteiger partial charge >= 0.3 is 0 Å². The number of fused-ring (bicyclic) bond motifs is 2. The molecule has 4 aromatic rings. The van der Waals surface area contributed by atoms with Crippen LogP contribution in [-0.4, -0.2) is 21.1 Å². The lowest BCUT2D eigenvalue weighted by molar-refractivity contribution is -0.115. The van der Waals surface area contributed by atoms with Gasteiger partial charge in [0.15, 0.2) is 5.13 Å². The van der Waals surface area contributed by atoms with Crippen molar-refractivity contribution >= 4 is 55.3 Å². The fourth-order valence-electron chi connectivity index (χ4n) is 3.33. The van der Waals surface area contributed by atoms with Crippen molar-refractivity contribution in [3.05, 3.63) is 59.2 Å². The number of carbonyl (C=O) groups is 1. The van der Waals surface area contributed by atoms with E-state index in [4.69, 9.17) is 4.98 Å². The Hall–Kier alpha value is -2.44. The smallest absolute Gasteiger partial charge is 0.239 e. The van der Waals surface area contributed by atoms with E-state index in [1.54, 1.807) is 0 Å². The van der Waals surface area contributed by atoms with Crippen LogP contribution in [0.3, 0.4) is 0 Å². The third kappa shape index (κ3) is 4.14. The summed E-state index contributed by atoms with van der Waals surface area (Å²) in [5, 5.41) is 5.47. The molecular formula is C23H23N3OS2. The van der Waals surface area contributed by atoms with Crippen LogP contribution in [-0.2, 0) is 4.79 Å². The van der Waals surface area contributed by atoms with E-state index in [-0.39, 0.29) is 11.2 Å². The van der Waals surface area contributed by atoms with Crippen LogP contribution >= 0.6 is 23.1 Å². The van der Waals surface area contributed by atoms with Crippen molar-refractivity contribution < 1.29 is 4.79 Å². The molecule has 1 N–H and O–H groups in total. The van der Waals surface area contributed by atoms with Crippen LogP contribution in [0.25, 0.3) is 21.1 Å². The van der Waals surface area contributed by atoms with Crippen LogP contribution < -0.4 is 5.32 Å². The zero-order chi connectivity index (χ0) is 20.5. The Labute approximate surface area is 178 Å². The zero-order valence-corrected chi connectivity index (χ0v) is 18.6. The number of aryl methyl sites for hydroxylation is 3.